The fourth-order valence-electron chi connectivity index (χ4n) is 3.61. The fourth-order valence-corrected chi connectivity index (χ4v) is 4.61. The van der Waals surface area contributed by atoms with E-state index >= 15 is 0 Å². The van der Waals surface area contributed by atoms with Crippen LogP contribution in [-0.4, -0.2) is 24.1 Å². The number of alkyl carbamates (subject to hydrolysis) is 1. The molecular formula is C28H31NO7S. The molecular weight excluding hydrogens is 494 g/mol. The molecule has 0 aliphatic rings. The second-order valence-corrected chi connectivity index (χ2v) is 9.95. The number of aromatic hydroxyl groups is 1. The standard InChI is InChI=1S/C28H31NO7S/c1-17-8-10-20(11-9-17)35-24-13-12-21(37-24)15-19(3)26(31)25-22(30)16-23(36-27(25)32)18(2)7-5-6-14-29-28(33)34-4/h6,8-14,16,18-19,30H,5,7,15H2,1-4H3,(H,29,33)/b14-6+. The van der Waals surface area contributed by atoms with E-state index in [4.69, 9.17) is 9.15 Å². The molecule has 2 N–H and O–H groups in total. The van der Waals surface area contributed by atoms with Gasteiger partial charge in [-0.3, -0.25) is 10.1 Å². The van der Waals surface area contributed by atoms with E-state index in [1.807, 2.05) is 50.2 Å². The molecule has 2 aromatic heterocycles. The maximum Gasteiger partial charge on any atom is 0.410 e. The highest BCUT2D eigenvalue weighted by molar-refractivity contribution is 7.13. The second kappa shape index (κ2) is 12.9. The summed E-state index contributed by atoms with van der Waals surface area (Å²) >= 11 is 1.43. The van der Waals surface area contributed by atoms with Crippen LogP contribution in [-0.2, 0) is 11.2 Å². The van der Waals surface area contributed by atoms with Crippen LogP contribution in [0.5, 0.6) is 16.6 Å². The van der Waals surface area contributed by atoms with Crippen LogP contribution in [0.4, 0.5) is 4.79 Å². The number of carbonyl (C=O) groups excluding carboxylic acids is 2. The van der Waals surface area contributed by atoms with Crippen LogP contribution in [0.25, 0.3) is 0 Å². The van der Waals surface area contributed by atoms with Gasteiger partial charge in [-0.1, -0.05) is 37.6 Å². The maximum atomic E-state index is 13.0. The van der Waals surface area contributed by atoms with Gasteiger partial charge in [0.15, 0.2) is 10.8 Å². The first-order valence-electron chi connectivity index (χ1n) is 11.9. The number of thiophene rings is 1. The number of hydrogen-bond acceptors (Lipinski definition) is 8. The number of aryl methyl sites for hydroxylation is 1. The summed E-state index contributed by atoms with van der Waals surface area (Å²) in [7, 11) is 1.27. The van der Waals surface area contributed by atoms with Gasteiger partial charge in [0.1, 0.15) is 22.8 Å². The third-order valence-corrected chi connectivity index (χ3v) is 6.77. The zero-order valence-electron chi connectivity index (χ0n) is 21.3. The lowest BCUT2D eigenvalue weighted by Gasteiger charge is -2.13. The summed E-state index contributed by atoms with van der Waals surface area (Å²) in [5.74, 6) is -0.577. The Morgan fingerprint density at radius 2 is 1.89 bits per heavy atom. The number of Topliss-reactive ketones (excluding diaryl/α,β-unsaturated/α-hetero) is 1. The zero-order valence-corrected chi connectivity index (χ0v) is 22.1. The lowest BCUT2D eigenvalue weighted by Crippen LogP contribution is -2.22. The molecule has 0 aliphatic heterocycles. The minimum atomic E-state index is -0.851. The van der Waals surface area contributed by atoms with Crippen molar-refractivity contribution in [2.75, 3.05) is 7.11 Å². The van der Waals surface area contributed by atoms with E-state index < -0.39 is 23.4 Å². The number of ether oxygens (including phenoxy) is 2. The average Bonchev–Trinajstić information content (AvgIpc) is 3.30. The Labute approximate surface area is 219 Å². The van der Waals surface area contributed by atoms with Gasteiger partial charge in [0.05, 0.1) is 7.11 Å². The molecule has 2 heterocycles. The molecule has 0 aliphatic carbocycles. The minimum absolute atomic E-state index is 0.193. The SMILES string of the molecule is COC(=O)N/C=C/CCC(C)c1cc(O)c(C(=O)C(C)Cc2ccc(Oc3ccc(C)cc3)s2)c(=O)o1. The molecule has 37 heavy (non-hydrogen) atoms. The highest BCUT2D eigenvalue weighted by atomic mass is 32.1. The number of nitrogens with one attached hydrogen (secondary N) is 1. The summed E-state index contributed by atoms with van der Waals surface area (Å²) in [4.78, 5) is 37.6. The number of benzene rings is 1. The Morgan fingerprint density at radius 3 is 2.57 bits per heavy atom. The van der Waals surface area contributed by atoms with Crippen molar-refractivity contribution >= 4 is 23.2 Å². The number of ketones is 1. The van der Waals surface area contributed by atoms with Crippen LogP contribution in [0.1, 0.15) is 59.2 Å². The van der Waals surface area contributed by atoms with Crippen LogP contribution in [0, 0.1) is 12.8 Å². The van der Waals surface area contributed by atoms with Gasteiger partial charge in [-0.25, -0.2) is 9.59 Å². The molecule has 3 aromatic rings. The molecule has 9 heteroatoms. The minimum Gasteiger partial charge on any atom is -0.507 e. The molecule has 0 radical (unpaired) electrons. The predicted molar refractivity (Wildman–Crippen MR) is 142 cm³/mol. The lowest BCUT2D eigenvalue weighted by molar-refractivity contribution is 0.0922. The van der Waals surface area contributed by atoms with E-state index in [1.54, 1.807) is 13.0 Å². The number of hydrogen-bond donors (Lipinski definition) is 2. The fraction of sp³-hybridized carbons (Fsp3) is 0.321. The molecule has 2 atom stereocenters. The van der Waals surface area contributed by atoms with Gasteiger partial charge in [-0.05, 0) is 50.5 Å². The summed E-state index contributed by atoms with van der Waals surface area (Å²) < 4.78 is 15.7. The first kappa shape index (κ1) is 27.7. The zero-order chi connectivity index (χ0) is 26.9. The Kier molecular flexibility index (Phi) is 9.68. The number of methoxy groups -OCH3 is 1. The van der Waals surface area contributed by atoms with Gasteiger partial charge >= 0.3 is 11.7 Å². The van der Waals surface area contributed by atoms with E-state index in [9.17, 15) is 19.5 Å². The van der Waals surface area contributed by atoms with E-state index in [0.717, 1.165) is 16.2 Å². The van der Waals surface area contributed by atoms with Gasteiger partial charge in [0, 0.05) is 29.0 Å². The van der Waals surface area contributed by atoms with Crippen molar-refractivity contribution < 1.29 is 28.6 Å². The molecule has 196 valence electrons. The molecule has 1 amide bonds. The molecule has 0 saturated carbocycles. The second-order valence-electron chi connectivity index (χ2n) is 8.82. The Morgan fingerprint density at radius 1 is 1.16 bits per heavy atom. The molecule has 0 bridgehead atoms. The summed E-state index contributed by atoms with van der Waals surface area (Å²) in [6.45, 7) is 5.56. The maximum absolute atomic E-state index is 13.0. The quantitative estimate of drug-likeness (QED) is 0.281. The van der Waals surface area contributed by atoms with Crippen molar-refractivity contribution in [3.8, 4) is 16.6 Å². The van der Waals surface area contributed by atoms with E-state index in [1.165, 1.54) is 30.7 Å². The molecule has 1 aromatic carbocycles. The Balaban J connectivity index is 1.61. The topological polar surface area (TPSA) is 115 Å². The lowest BCUT2D eigenvalue weighted by atomic mass is 9.95. The van der Waals surface area contributed by atoms with E-state index in [2.05, 4.69) is 10.1 Å². The van der Waals surface area contributed by atoms with Gasteiger partial charge in [0.2, 0.25) is 0 Å². The predicted octanol–water partition coefficient (Wildman–Crippen LogP) is 6.32. The third-order valence-electron chi connectivity index (χ3n) is 5.78. The molecule has 3 rings (SSSR count). The Bertz CT molecular complexity index is 1310. The van der Waals surface area contributed by atoms with Gasteiger partial charge in [-0.2, -0.15) is 0 Å². The first-order chi connectivity index (χ1) is 17.7. The van der Waals surface area contributed by atoms with Crippen LogP contribution in [0.15, 0.2) is 64.0 Å². The molecule has 0 spiro atoms. The smallest absolute Gasteiger partial charge is 0.410 e. The van der Waals surface area contributed by atoms with Crippen LogP contribution in [0.3, 0.4) is 0 Å². The third kappa shape index (κ3) is 7.82. The summed E-state index contributed by atoms with van der Waals surface area (Å²) in [5, 5.41) is 13.6. The normalized spacial score (nSPS) is 12.8. The highest BCUT2D eigenvalue weighted by Gasteiger charge is 2.25. The summed E-state index contributed by atoms with van der Waals surface area (Å²) in [6.07, 6.45) is 4.22. The summed E-state index contributed by atoms with van der Waals surface area (Å²) in [6, 6.07) is 12.8. The van der Waals surface area contributed by atoms with Crippen LogP contribution in [0.2, 0.25) is 0 Å². The number of carbonyl (C=O) groups is 2. The van der Waals surface area contributed by atoms with Crippen molar-refractivity contribution in [2.45, 2.75) is 46.0 Å². The molecule has 0 fully saturated rings. The van der Waals surface area contributed by atoms with Gasteiger partial charge < -0.3 is 19.0 Å². The monoisotopic (exact) mass is 525 g/mol. The van der Waals surface area contributed by atoms with Crippen molar-refractivity contribution in [2.24, 2.45) is 5.92 Å². The van der Waals surface area contributed by atoms with Crippen molar-refractivity contribution in [1.29, 1.82) is 0 Å². The van der Waals surface area contributed by atoms with Gasteiger partial charge in [0.25, 0.3) is 0 Å². The first-order valence-corrected chi connectivity index (χ1v) is 12.7. The highest BCUT2D eigenvalue weighted by Crippen LogP contribution is 2.32. The van der Waals surface area contributed by atoms with E-state index in [0.29, 0.717) is 24.3 Å². The molecule has 2 unspecified atom stereocenters. The van der Waals surface area contributed by atoms with Gasteiger partial charge in [-0.15, -0.1) is 11.3 Å². The number of allylic oxidation sites excluding steroid dienone is 1. The molecule has 0 saturated heterocycles. The van der Waals surface area contributed by atoms with E-state index in [-0.39, 0.29) is 23.0 Å². The molecule has 8 nitrogen and oxygen atoms in total. The van der Waals surface area contributed by atoms with Crippen molar-refractivity contribution in [3.05, 3.63) is 86.9 Å². The van der Waals surface area contributed by atoms with Crippen molar-refractivity contribution in [3.63, 3.8) is 0 Å². The van der Waals surface area contributed by atoms with Crippen LogP contribution >= 0.6 is 11.3 Å². The largest absolute Gasteiger partial charge is 0.507 e. The number of amides is 1. The average molecular weight is 526 g/mol. The van der Waals surface area contributed by atoms with Crippen molar-refractivity contribution in [1.82, 2.24) is 5.32 Å². The van der Waals surface area contributed by atoms with Crippen LogP contribution < -0.4 is 15.7 Å². The summed E-state index contributed by atoms with van der Waals surface area (Å²) in [5.41, 5.74) is -0.0431. The Hall–Kier alpha value is -3.85. The number of rotatable bonds is 11.